The first-order valence-electron chi connectivity index (χ1n) is 7.36. The van der Waals surface area contributed by atoms with Crippen LogP contribution in [0.4, 0.5) is 13.2 Å². The van der Waals surface area contributed by atoms with Gasteiger partial charge in [0.05, 0.1) is 6.54 Å². The van der Waals surface area contributed by atoms with Crippen LogP contribution >= 0.6 is 0 Å². The van der Waals surface area contributed by atoms with Crippen LogP contribution in [-0.4, -0.2) is 42.8 Å². The fourth-order valence-corrected chi connectivity index (χ4v) is 2.43. The molecule has 0 amide bonds. The monoisotopic (exact) mass is 280 g/mol. The van der Waals surface area contributed by atoms with Crippen LogP contribution in [0.25, 0.3) is 0 Å². The van der Waals surface area contributed by atoms with Gasteiger partial charge in [-0.3, -0.25) is 4.90 Å². The third-order valence-electron chi connectivity index (χ3n) is 3.40. The predicted octanol–water partition coefficient (Wildman–Crippen LogP) is 3.43. The molecule has 1 unspecified atom stereocenters. The van der Waals surface area contributed by atoms with Crippen molar-refractivity contribution >= 4 is 0 Å². The lowest BCUT2D eigenvalue weighted by atomic mass is 10.1. The molecule has 19 heavy (non-hydrogen) atoms. The van der Waals surface area contributed by atoms with Crippen LogP contribution < -0.4 is 5.32 Å². The van der Waals surface area contributed by atoms with Crippen LogP contribution in [0.3, 0.4) is 0 Å². The van der Waals surface area contributed by atoms with Gasteiger partial charge in [-0.1, -0.05) is 27.2 Å². The van der Waals surface area contributed by atoms with Crippen molar-refractivity contribution in [1.29, 1.82) is 0 Å². The van der Waals surface area contributed by atoms with Gasteiger partial charge in [0.15, 0.2) is 0 Å². The second kappa shape index (κ2) is 7.48. The SMILES string of the molecule is CCCC(CNCC(C)C)N(CC(F)(F)F)C1CC1. The smallest absolute Gasteiger partial charge is 0.315 e. The van der Waals surface area contributed by atoms with Crippen molar-refractivity contribution in [3.8, 4) is 0 Å². The summed E-state index contributed by atoms with van der Waals surface area (Å²) in [6.07, 6.45) is -0.500. The van der Waals surface area contributed by atoms with Crippen molar-refractivity contribution in [1.82, 2.24) is 10.2 Å². The molecule has 1 fully saturated rings. The topological polar surface area (TPSA) is 15.3 Å². The van der Waals surface area contributed by atoms with Crippen LogP contribution in [0, 0.1) is 5.92 Å². The molecule has 0 saturated heterocycles. The molecule has 114 valence electrons. The molecule has 2 nitrogen and oxygen atoms in total. The van der Waals surface area contributed by atoms with Crippen molar-refractivity contribution in [2.24, 2.45) is 5.92 Å². The second-order valence-electron chi connectivity index (χ2n) is 6.01. The lowest BCUT2D eigenvalue weighted by Crippen LogP contribution is -2.48. The molecule has 0 heterocycles. The maximum atomic E-state index is 12.7. The molecule has 1 aliphatic rings. The van der Waals surface area contributed by atoms with Crippen LogP contribution in [0.5, 0.6) is 0 Å². The highest BCUT2D eigenvalue weighted by Gasteiger charge is 2.40. The standard InChI is InChI=1S/C14H27F3N2/c1-4-5-13(9-18-8-11(2)3)19(12-6-7-12)10-14(15,16)17/h11-13,18H,4-10H2,1-3H3. The third kappa shape index (κ3) is 7.16. The van der Waals surface area contributed by atoms with E-state index in [4.69, 9.17) is 0 Å². The number of nitrogens with one attached hydrogen (secondary N) is 1. The third-order valence-corrected chi connectivity index (χ3v) is 3.40. The van der Waals surface area contributed by atoms with Crippen LogP contribution in [0.1, 0.15) is 46.5 Å². The van der Waals surface area contributed by atoms with E-state index in [9.17, 15) is 13.2 Å². The largest absolute Gasteiger partial charge is 0.401 e. The minimum Gasteiger partial charge on any atom is -0.315 e. The molecule has 0 aliphatic heterocycles. The van der Waals surface area contributed by atoms with Gasteiger partial charge in [0.1, 0.15) is 0 Å². The summed E-state index contributed by atoms with van der Waals surface area (Å²) in [4.78, 5) is 1.68. The summed E-state index contributed by atoms with van der Waals surface area (Å²) in [5.41, 5.74) is 0. The molecular weight excluding hydrogens is 253 g/mol. The van der Waals surface area contributed by atoms with Crippen molar-refractivity contribution in [2.75, 3.05) is 19.6 Å². The van der Waals surface area contributed by atoms with Crippen LogP contribution in [0.2, 0.25) is 0 Å². The summed E-state index contributed by atoms with van der Waals surface area (Å²) < 4.78 is 38.0. The van der Waals surface area contributed by atoms with E-state index < -0.39 is 12.7 Å². The van der Waals surface area contributed by atoms with Gasteiger partial charge < -0.3 is 5.32 Å². The Bertz CT molecular complexity index is 250. The minimum atomic E-state index is -4.09. The van der Waals surface area contributed by atoms with E-state index in [0.717, 1.165) is 32.2 Å². The second-order valence-corrected chi connectivity index (χ2v) is 6.01. The van der Waals surface area contributed by atoms with Gasteiger partial charge in [0, 0.05) is 18.6 Å². The maximum Gasteiger partial charge on any atom is 0.401 e. The highest BCUT2D eigenvalue weighted by molar-refractivity contribution is 4.90. The van der Waals surface area contributed by atoms with Crippen molar-refractivity contribution in [3.63, 3.8) is 0 Å². The van der Waals surface area contributed by atoms with Gasteiger partial charge in [0.25, 0.3) is 0 Å². The Morgan fingerprint density at radius 3 is 2.26 bits per heavy atom. The van der Waals surface area contributed by atoms with Crippen LogP contribution in [-0.2, 0) is 0 Å². The van der Waals surface area contributed by atoms with E-state index in [1.807, 2.05) is 6.92 Å². The summed E-state index contributed by atoms with van der Waals surface area (Å²) in [7, 11) is 0. The lowest BCUT2D eigenvalue weighted by Gasteiger charge is -2.33. The zero-order valence-corrected chi connectivity index (χ0v) is 12.3. The molecule has 1 atom stereocenters. The summed E-state index contributed by atoms with van der Waals surface area (Å²) in [6, 6.07) is 0.164. The van der Waals surface area contributed by atoms with E-state index in [1.165, 1.54) is 0 Å². The number of hydrogen-bond acceptors (Lipinski definition) is 2. The predicted molar refractivity (Wildman–Crippen MR) is 72.2 cm³/mol. The van der Waals surface area contributed by atoms with Gasteiger partial charge in [-0.2, -0.15) is 13.2 Å². The first-order valence-corrected chi connectivity index (χ1v) is 7.36. The molecule has 1 rings (SSSR count). The molecule has 1 aliphatic carbocycles. The zero-order chi connectivity index (χ0) is 14.5. The summed E-state index contributed by atoms with van der Waals surface area (Å²) >= 11 is 0. The Hall–Kier alpha value is -0.290. The maximum absolute atomic E-state index is 12.7. The average Bonchev–Trinajstić information content (AvgIpc) is 3.07. The number of rotatable bonds is 9. The number of alkyl halides is 3. The summed E-state index contributed by atoms with van der Waals surface area (Å²) in [5.74, 6) is 0.527. The Morgan fingerprint density at radius 1 is 1.21 bits per heavy atom. The molecular formula is C14H27F3N2. The molecule has 0 radical (unpaired) electrons. The first-order chi connectivity index (χ1) is 8.83. The average molecular weight is 280 g/mol. The van der Waals surface area contributed by atoms with E-state index in [1.54, 1.807) is 4.90 Å². The quantitative estimate of drug-likeness (QED) is 0.696. The molecule has 5 heteroatoms. The van der Waals surface area contributed by atoms with E-state index in [2.05, 4.69) is 19.2 Å². The van der Waals surface area contributed by atoms with Gasteiger partial charge in [0.2, 0.25) is 0 Å². The molecule has 0 aromatic heterocycles. The fraction of sp³-hybridized carbons (Fsp3) is 1.00. The molecule has 0 aromatic rings. The van der Waals surface area contributed by atoms with Gasteiger partial charge in [-0.15, -0.1) is 0 Å². The highest BCUT2D eigenvalue weighted by atomic mass is 19.4. The van der Waals surface area contributed by atoms with Gasteiger partial charge in [-0.25, -0.2) is 0 Å². The van der Waals surface area contributed by atoms with Gasteiger partial charge in [-0.05, 0) is 31.7 Å². The Balaban J connectivity index is 2.53. The number of halogens is 3. The molecule has 0 bridgehead atoms. The Morgan fingerprint density at radius 2 is 1.84 bits per heavy atom. The summed E-state index contributed by atoms with van der Waals surface area (Å²) in [6.45, 7) is 7.02. The van der Waals surface area contributed by atoms with Gasteiger partial charge >= 0.3 is 6.18 Å². The zero-order valence-electron chi connectivity index (χ0n) is 12.3. The van der Waals surface area contributed by atoms with E-state index >= 15 is 0 Å². The number of hydrogen-bond donors (Lipinski definition) is 1. The molecule has 1 saturated carbocycles. The Labute approximate surface area is 114 Å². The van der Waals surface area contributed by atoms with Crippen molar-refractivity contribution in [3.05, 3.63) is 0 Å². The number of nitrogens with zero attached hydrogens (tertiary/aromatic N) is 1. The van der Waals surface area contributed by atoms with E-state index in [-0.39, 0.29) is 12.1 Å². The van der Waals surface area contributed by atoms with Crippen molar-refractivity contribution in [2.45, 2.75) is 64.7 Å². The minimum absolute atomic E-state index is 0.0119. The fourth-order valence-electron chi connectivity index (χ4n) is 2.43. The summed E-state index contributed by atoms with van der Waals surface area (Å²) in [5, 5.41) is 3.31. The first kappa shape index (κ1) is 16.8. The molecule has 1 N–H and O–H groups in total. The lowest BCUT2D eigenvalue weighted by molar-refractivity contribution is -0.152. The molecule has 0 aromatic carbocycles. The van der Waals surface area contributed by atoms with Crippen LogP contribution in [0.15, 0.2) is 0 Å². The molecule has 0 spiro atoms. The van der Waals surface area contributed by atoms with E-state index in [0.29, 0.717) is 12.5 Å². The highest BCUT2D eigenvalue weighted by Crippen LogP contribution is 2.32. The Kier molecular flexibility index (Phi) is 6.60. The normalized spacial score (nSPS) is 18.3. The van der Waals surface area contributed by atoms with Crippen molar-refractivity contribution < 1.29 is 13.2 Å².